The lowest BCUT2D eigenvalue weighted by Gasteiger charge is -2.30. The molecule has 0 fully saturated rings. The van der Waals surface area contributed by atoms with Crippen molar-refractivity contribution in [1.29, 1.82) is 0 Å². The van der Waals surface area contributed by atoms with E-state index in [0.717, 1.165) is 41.0 Å². The average molecular weight is 333 g/mol. The van der Waals surface area contributed by atoms with Gasteiger partial charge in [0.25, 0.3) is 0 Å². The van der Waals surface area contributed by atoms with Crippen molar-refractivity contribution in [3.8, 4) is 0 Å². The normalized spacial score (nSPS) is 18.8. The first-order valence-corrected chi connectivity index (χ1v) is 8.37. The lowest BCUT2D eigenvalue weighted by atomic mass is 9.95. The first-order valence-electron chi connectivity index (χ1n) is 8.37. The second-order valence-electron chi connectivity index (χ2n) is 5.97. The van der Waals surface area contributed by atoms with Crippen molar-refractivity contribution >= 4 is 23.6 Å². The molecule has 2 unspecified atom stereocenters. The Hall–Kier alpha value is -2.99. The highest BCUT2D eigenvalue weighted by Crippen LogP contribution is 2.33. The highest BCUT2D eigenvalue weighted by Gasteiger charge is 2.31. The zero-order chi connectivity index (χ0) is 17.2. The van der Waals surface area contributed by atoms with Crippen LogP contribution in [0.3, 0.4) is 0 Å². The van der Waals surface area contributed by atoms with Crippen LogP contribution in [-0.2, 0) is 4.79 Å². The molecule has 0 radical (unpaired) electrons. The molecular weight excluding hydrogens is 314 g/mol. The maximum atomic E-state index is 11.3. The Morgan fingerprint density at radius 1 is 1.20 bits per heavy atom. The molecule has 0 spiro atoms. The van der Waals surface area contributed by atoms with E-state index in [1.807, 2.05) is 36.4 Å². The second kappa shape index (κ2) is 6.49. The highest BCUT2D eigenvalue weighted by molar-refractivity contribution is 6.18. The average Bonchev–Trinajstić information content (AvgIpc) is 2.67. The van der Waals surface area contributed by atoms with Crippen LogP contribution in [-0.4, -0.2) is 24.5 Å². The fraction of sp³-hybridized carbons (Fsp3) is 0.211. The molecule has 2 heterocycles. The molecule has 2 aliphatic heterocycles. The number of rotatable bonds is 5. The van der Waals surface area contributed by atoms with Gasteiger partial charge in [-0.15, -0.1) is 0 Å². The van der Waals surface area contributed by atoms with Gasteiger partial charge in [-0.05, 0) is 23.7 Å². The van der Waals surface area contributed by atoms with Crippen LogP contribution in [0, 0.1) is 0 Å². The zero-order valence-corrected chi connectivity index (χ0v) is 13.9. The van der Waals surface area contributed by atoms with Crippen molar-refractivity contribution in [2.45, 2.75) is 19.0 Å². The molecule has 25 heavy (non-hydrogen) atoms. The van der Waals surface area contributed by atoms with E-state index in [0.29, 0.717) is 5.84 Å². The Balaban J connectivity index is 1.80. The predicted octanol–water partition coefficient (Wildman–Crippen LogP) is 2.18. The maximum Gasteiger partial charge on any atom is 0.161 e. The highest BCUT2D eigenvalue weighted by atomic mass is 16.1. The van der Waals surface area contributed by atoms with E-state index in [-0.39, 0.29) is 6.04 Å². The Bertz CT molecular complexity index is 859. The summed E-state index contributed by atoms with van der Waals surface area (Å²) in [6.45, 7) is 2.88. The zero-order valence-electron chi connectivity index (χ0n) is 13.9. The number of hydrogen-bond acceptors (Lipinski definition) is 6. The van der Waals surface area contributed by atoms with Crippen LogP contribution in [0.5, 0.6) is 0 Å². The quantitative estimate of drug-likeness (QED) is 0.733. The molecule has 6 nitrogen and oxygen atoms in total. The number of carbonyl (C=O) groups excluding carboxylic acids is 1. The summed E-state index contributed by atoms with van der Waals surface area (Å²) in [6, 6.07) is 15.5. The summed E-state index contributed by atoms with van der Waals surface area (Å²) >= 11 is 0. The van der Waals surface area contributed by atoms with Crippen molar-refractivity contribution in [2.75, 3.05) is 6.54 Å². The number of nitrogens with zero attached hydrogens (tertiary/aromatic N) is 2. The number of hydrazone groups is 1. The molecule has 6 heteroatoms. The van der Waals surface area contributed by atoms with Gasteiger partial charge in [0.1, 0.15) is 18.2 Å². The third kappa shape index (κ3) is 2.70. The summed E-state index contributed by atoms with van der Waals surface area (Å²) in [7, 11) is 0. The predicted molar refractivity (Wildman–Crippen MR) is 98.0 cm³/mol. The summed E-state index contributed by atoms with van der Waals surface area (Å²) in [4.78, 5) is 16.1. The van der Waals surface area contributed by atoms with Crippen LogP contribution in [0.1, 0.15) is 35.7 Å². The fourth-order valence-electron chi connectivity index (χ4n) is 3.26. The third-order valence-corrected chi connectivity index (χ3v) is 4.40. The molecule has 0 saturated heterocycles. The second-order valence-corrected chi connectivity index (χ2v) is 5.97. The number of hydrogen-bond donors (Lipinski definition) is 3. The summed E-state index contributed by atoms with van der Waals surface area (Å²) in [5, 5.41) is 11.2. The minimum absolute atomic E-state index is 0.0606. The fourth-order valence-corrected chi connectivity index (χ4v) is 3.26. The molecule has 2 atom stereocenters. The Morgan fingerprint density at radius 3 is 2.80 bits per heavy atom. The monoisotopic (exact) mass is 333 g/mol. The van der Waals surface area contributed by atoms with Gasteiger partial charge >= 0.3 is 0 Å². The minimum atomic E-state index is -0.434. The molecule has 0 aliphatic carbocycles. The SMILES string of the molecule is CCNC(C1=Nc2cccc3c2C(=NNC3C=O)N1)c1ccccc1. The minimum Gasteiger partial charge on any atom is -0.325 e. The molecule has 0 saturated carbocycles. The van der Waals surface area contributed by atoms with Gasteiger partial charge in [0.2, 0.25) is 0 Å². The molecule has 0 aromatic heterocycles. The Morgan fingerprint density at radius 2 is 2.04 bits per heavy atom. The first-order chi connectivity index (χ1) is 12.3. The molecule has 4 rings (SSSR count). The number of carbonyl (C=O) groups is 1. The van der Waals surface area contributed by atoms with Crippen molar-refractivity contribution in [2.24, 2.45) is 10.1 Å². The van der Waals surface area contributed by atoms with Crippen molar-refractivity contribution in [1.82, 2.24) is 16.1 Å². The van der Waals surface area contributed by atoms with E-state index >= 15 is 0 Å². The van der Waals surface area contributed by atoms with Crippen molar-refractivity contribution < 1.29 is 4.79 Å². The van der Waals surface area contributed by atoms with Gasteiger partial charge in [-0.25, -0.2) is 4.99 Å². The van der Waals surface area contributed by atoms with Crippen LogP contribution in [0.4, 0.5) is 5.69 Å². The largest absolute Gasteiger partial charge is 0.325 e. The summed E-state index contributed by atoms with van der Waals surface area (Å²) in [5.74, 6) is 1.50. The number of likely N-dealkylation sites (N-methyl/N-ethyl adjacent to an activating group) is 1. The number of amidine groups is 2. The van der Waals surface area contributed by atoms with E-state index in [4.69, 9.17) is 4.99 Å². The molecule has 2 aromatic rings. The summed E-state index contributed by atoms with van der Waals surface area (Å²) < 4.78 is 0. The van der Waals surface area contributed by atoms with Crippen LogP contribution >= 0.6 is 0 Å². The van der Waals surface area contributed by atoms with Gasteiger partial charge in [0, 0.05) is 0 Å². The lowest BCUT2D eigenvalue weighted by molar-refractivity contribution is -0.109. The molecule has 2 aliphatic rings. The topological polar surface area (TPSA) is 77.9 Å². The van der Waals surface area contributed by atoms with Gasteiger partial charge in [0.15, 0.2) is 5.84 Å². The third-order valence-electron chi connectivity index (χ3n) is 4.40. The van der Waals surface area contributed by atoms with Gasteiger partial charge in [0.05, 0.1) is 17.3 Å². The van der Waals surface area contributed by atoms with Crippen LogP contribution in [0.2, 0.25) is 0 Å². The van der Waals surface area contributed by atoms with E-state index in [9.17, 15) is 4.79 Å². The molecule has 0 bridgehead atoms. The first kappa shape index (κ1) is 15.5. The van der Waals surface area contributed by atoms with Gasteiger partial charge in [-0.1, -0.05) is 49.4 Å². The van der Waals surface area contributed by atoms with Crippen molar-refractivity contribution in [3.05, 3.63) is 65.2 Å². The van der Waals surface area contributed by atoms with Gasteiger partial charge < -0.3 is 15.4 Å². The van der Waals surface area contributed by atoms with Gasteiger partial charge in [-0.2, -0.15) is 5.10 Å². The van der Waals surface area contributed by atoms with Crippen LogP contribution in [0.25, 0.3) is 0 Å². The maximum absolute atomic E-state index is 11.3. The summed E-state index contributed by atoms with van der Waals surface area (Å²) in [6.07, 6.45) is 0.862. The van der Waals surface area contributed by atoms with E-state index in [1.165, 1.54) is 0 Å². The molecule has 0 amide bonds. The van der Waals surface area contributed by atoms with E-state index < -0.39 is 6.04 Å². The number of aliphatic imine (C=N–C) groups is 1. The van der Waals surface area contributed by atoms with Gasteiger partial charge in [-0.3, -0.25) is 5.43 Å². The number of aldehydes is 1. The number of benzene rings is 2. The summed E-state index contributed by atoms with van der Waals surface area (Å²) in [5.41, 5.74) is 6.65. The standard InChI is InChI=1S/C19H19N5O/c1-2-20-17(12-7-4-3-5-8-12)19-21-14-10-6-9-13-15(11-25)23-24-18(22-19)16(13)14/h3-11,15,17,20,23H,2H2,1H3,(H,21,22,24). The Labute approximate surface area is 146 Å². The molecular formula is C19H19N5O. The smallest absolute Gasteiger partial charge is 0.161 e. The molecule has 126 valence electrons. The molecule has 2 aromatic carbocycles. The van der Waals surface area contributed by atoms with Crippen LogP contribution in [0.15, 0.2) is 58.6 Å². The van der Waals surface area contributed by atoms with E-state index in [2.05, 4.69) is 40.2 Å². The van der Waals surface area contributed by atoms with E-state index in [1.54, 1.807) is 0 Å². The van der Waals surface area contributed by atoms with Crippen molar-refractivity contribution in [3.63, 3.8) is 0 Å². The molecule has 3 N–H and O–H groups in total. The number of nitrogens with one attached hydrogen (secondary N) is 3. The lowest BCUT2D eigenvalue weighted by Crippen LogP contribution is -2.45. The Kier molecular flexibility index (Phi) is 4.03. The van der Waals surface area contributed by atoms with Crippen LogP contribution < -0.4 is 16.1 Å².